The Labute approximate surface area is 248 Å². The molecule has 9 heteroatoms. The lowest BCUT2D eigenvalue weighted by atomic mass is 9.95. The van der Waals surface area contributed by atoms with Gasteiger partial charge in [0.05, 0.1) is 10.6 Å². The van der Waals surface area contributed by atoms with E-state index in [1.54, 1.807) is 55.5 Å². The van der Waals surface area contributed by atoms with Crippen LogP contribution in [0.5, 0.6) is 0 Å². The van der Waals surface area contributed by atoms with Gasteiger partial charge in [-0.3, -0.25) is 13.9 Å². The Morgan fingerprint density at radius 1 is 0.951 bits per heavy atom. The second-order valence-corrected chi connectivity index (χ2v) is 13.1. The van der Waals surface area contributed by atoms with Crippen LogP contribution in [0.1, 0.15) is 55.7 Å². The highest BCUT2D eigenvalue weighted by Gasteiger charge is 2.33. The maximum Gasteiger partial charge on any atom is 0.264 e. The van der Waals surface area contributed by atoms with Crippen LogP contribution in [0.3, 0.4) is 0 Å². The number of hydrogen-bond donors (Lipinski definition) is 1. The molecule has 1 N–H and O–H groups in total. The summed E-state index contributed by atoms with van der Waals surface area (Å²) in [6.07, 6.45) is 5.12. The van der Waals surface area contributed by atoms with E-state index in [0.717, 1.165) is 53.1 Å². The van der Waals surface area contributed by atoms with Crippen molar-refractivity contribution >= 4 is 39.1 Å². The summed E-state index contributed by atoms with van der Waals surface area (Å²) in [4.78, 5) is 29.1. The molecule has 0 spiro atoms. The number of halogens is 1. The molecule has 0 saturated heterocycles. The molecule has 1 aliphatic carbocycles. The van der Waals surface area contributed by atoms with Gasteiger partial charge in [-0.25, -0.2) is 8.42 Å². The highest BCUT2D eigenvalue weighted by atomic mass is 35.5. The second-order valence-electron chi connectivity index (χ2n) is 10.8. The first-order valence-corrected chi connectivity index (χ1v) is 15.9. The van der Waals surface area contributed by atoms with E-state index in [1.165, 1.54) is 17.0 Å². The summed E-state index contributed by atoms with van der Waals surface area (Å²) in [6, 6.07) is 19.8. The molecule has 41 heavy (non-hydrogen) atoms. The average Bonchev–Trinajstić information content (AvgIpc) is 2.96. The summed E-state index contributed by atoms with van der Waals surface area (Å²) in [5, 5.41) is 3.68. The smallest absolute Gasteiger partial charge is 0.264 e. The van der Waals surface area contributed by atoms with Crippen molar-refractivity contribution in [2.75, 3.05) is 10.8 Å². The van der Waals surface area contributed by atoms with Gasteiger partial charge in [-0.15, -0.1) is 0 Å². The molecule has 4 rings (SSSR count). The number of anilines is 1. The van der Waals surface area contributed by atoms with Crippen LogP contribution >= 0.6 is 11.6 Å². The van der Waals surface area contributed by atoms with Gasteiger partial charge in [-0.2, -0.15) is 0 Å². The van der Waals surface area contributed by atoms with Crippen LogP contribution in [0.4, 0.5) is 5.69 Å². The van der Waals surface area contributed by atoms with E-state index >= 15 is 0 Å². The summed E-state index contributed by atoms with van der Waals surface area (Å²) in [5.74, 6) is -0.728. The molecule has 1 fully saturated rings. The molecule has 218 valence electrons. The van der Waals surface area contributed by atoms with Gasteiger partial charge >= 0.3 is 0 Å². The fourth-order valence-electron chi connectivity index (χ4n) is 5.26. The molecule has 0 aromatic heterocycles. The van der Waals surface area contributed by atoms with Crippen molar-refractivity contribution in [2.24, 2.45) is 0 Å². The van der Waals surface area contributed by atoms with E-state index in [-0.39, 0.29) is 23.4 Å². The monoisotopic (exact) mass is 595 g/mol. The Balaban J connectivity index is 1.69. The van der Waals surface area contributed by atoms with E-state index in [2.05, 4.69) is 5.32 Å². The van der Waals surface area contributed by atoms with Crippen LogP contribution in [0.15, 0.2) is 77.7 Å². The number of aryl methyl sites for hydroxylation is 2. The van der Waals surface area contributed by atoms with Crippen LogP contribution < -0.4 is 9.62 Å². The molecule has 1 aliphatic rings. The normalized spacial score (nSPS) is 14.7. The van der Waals surface area contributed by atoms with Crippen LogP contribution in [-0.2, 0) is 26.2 Å². The van der Waals surface area contributed by atoms with Crippen molar-refractivity contribution < 1.29 is 18.0 Å². The highest BCUT2D eigenvalue weighted by molar-refractivity contribution is 7.92. The second kappa shape index (κ2) is 13.5. The first kappa shape index (κ1) is 30.6. The fraction of sp³-hybridized carbons (Fsp3) is 0.375. The van der Waals surface area contributed by atoms with E-state index in [1.807, 2.05) is 26.0 Å². The molecular formula is C32H38ClN3O4S. The maximum absolute atomic E-state index is 14.1. The molecular weight excluding hydrogens is 558 g/mol. The Hall–Kier alpha value is -3.36. The van der Waals surface area contributed by atoms with Crippen LogP contribution in [0, 0.1) is 13.8 Å². The molecule has 2 amide bonds. The Bertz CT molecular complexity index is 1460. The summed E-state index contributed by atoms with van der Waals surface area (Å²) in [5.41, 5.74) is 2.90. The number of rotatable bonds is 10. The third-order valence-corrected chi connectivity index (χ3v) is 9.64. The van der Waals surface area contributed by atoms with Gasteiger partial charge in [-0.05, 0) is 75.1 Å². The number of carbonyl (C=O) groups excluding carboxylic acids is 2. The first-order chi connectivity index (χ1) is 19.6. The topological polar surface area (TPSA) is 86.8 Å². The average molecular weight is 596 g/mol. The zero-order valence-corrected chi connectivity index (χ0v) is 25.4. The Morgan fingerprint density at radius 2 is 1.61 bits per heavy atom. The maximum atomic E-state index is 14.1. The number of amides is 2. The summed E-state index contributed by atoms with van der Waals surface area (Å²) in [6.45, 7) is 5.11. The number of benzene rings is 3. The van der Waals surface area contributed by atoms with Crippen molar-refractivity contribution in [1.82, 2.24) is 10.2 Å². The summed E-state index contributed by atoms with van der Waals surface area (Å²) in [7, 11) is -4.10. The van der Waals surface area contributed by atoms with Gasteiger partial charge < -0.3 is 10.2 Å². The number of sulfonamides is 1. The van der Waals surface area contributed by atoms with Gasteiger partial charge in [0.15, 0.2) is 0 Å². The van der Waals surface area contributed by atoms with Gasteiger partial charge in [0.1, 0.15) is 12.6 Å². The summed E-state index contributed by atoms with van der Waals surface area (Å²) >= 11 is 6.09. The van der Waals surface area contributed by atoms with E-state index < -0.39 is 28.5 Å². The Morgan fingerprint density at radius 3 is 2.24 bits per heavy atom. The van der Waals surface area contributed by atoms with Crippen molar-refractivity contribution in [2.45, 2.75) is 76.4 Å². The SMILES string of the molecule is Cc1ccc(N(CC(=O)N(Cc2ccc(Cl)cc2)C(C)C(=O)NC2CCCCC2)S(=O)(=O)c2ccccc2)c(C)c1. The van der Waals surface area contributed by atoms with E-state index in [4.69, 9.17) is 11.6 Å². The number of carbonyl (C=O) groups is 2. The van der Waals surface area contributed by atoms with Crippen LogP contribution in [0.25, 0.3) is 0 Å². The first-order valence-electron chi connectivity index (χ1n) is 14.1. The molecule has 0 bridgehead atoms. The quantitative estimate of drug-likeness (QED) is 0.311. The molecule has 3 aromatic carbocycles. The minimum absolute atomic E-state index is 0.0800. The predicted molar refractivity (Wildman–Crippen MR) is 163 cm³/mol. The minimum Gasteiger partial charge on any atom is -0.352 e. The number of nitrogens with one attached hydrogen (secondary N) is 1. The van der Waals surface area contributed by atoms with Crippen molar-refractivity contribution in [3.05, 3.63) is 94.5 Å². The highest BCUT2D eigenvalue weighted by Crippen LogP contribution is 2.28. The Kier molecular flexibility index (Phi) is 10.1. The molecule has 0 aliphatic heterocycles. The lowest BCUT2D eigenvalue weighted by molar-refractivity contribution is -0.139. The molecule has 0 heterocycles. The largest absolute Gasteiger partial charge is 0.352 e. The van der Waals surface area contributed by atoms with Gasteiger partial charge in [-0.1, -0.05) is 78.9 Å². The standard InChI is InChI=1S/C32H38ClN3O4S/c1-23-14-19-30(24(2)20-23)36(41(39,40)29-12-8-5-9-13-29)22-31(37)35(21-26-15-17-27(33)18-16-26)25(3)32(38)34-28-10-6-4-7-11-28/h5,8-9,12-20,25,28H,4,6-7,10-11,21-22H2,1-3H3,(H,34,38). The zero-order valence-electron chi connectivity index (χ0n) is 23.8. The van der Waals surface area contributed by atoms with E-state index in [9.17, 15) is 18.0 Å². The van der Waals surface area contributed by atoms with Crippen LogP contribution in [-0.4, -0.2) is 43.8 Å². The third-order valence-electron chi connectivity index (χ3n) is 7.62. The van der Waals surface area contributed by atoms with Crippen molar-refractivity contribution in [1.29, 1.82) is 0 Å². The van der Waals surface area contributed by atoms with Gasteiger partial charge in [0.25, 0.3) is 10.0 Å². The lowest BCUT2D eigenvalue weighted by Crippen LogP contribution is -2.53. The zero-order chi connectivity index (χ0) is 29.6. The fourth-order valence-corrected chi connectivity index (χ4v) is 6.88. The molecule has 1 saturated carbocycles. The summed E-state index contributed by atoms with van der Waals surface area (Å²) < 4.78 is 29.1. The van der Waals surface area contributed by atoms with Gasteiger partial charge in [0, 0.05) is 17.6 Å². The van der Waals surface area contributed by atoms with Gasteiger partial charge in [0.2, 0.25) is 11.8 Å². The minimum atomic E-state index is -4.10. The molecule has 0 radical (unpaired) electrons. The molecule has 1 atom stereocenters. The molecule has 7 nitrogen and oxygen atoms in total. The predicted octanol–water partition coefficient (Wildman–Crippen LogP) is 6.02. The number of nitrogens with zero attached hydrogens (tertiary/aromatic N) is 2. The van der Waals surface area contributed by atoms with E-state index in [0.29, 0.717) is 10.7 Å². The molecule has 1 unspecified atom stereocenters. The van der Waals surface area contributed by atoms with Crippen molar-refractivity contribution in [3.63, 3.8) is 0 Å². The third kappa shape index (κ3) is 7.68. The van der Waals surface area contributed by atoms with Crippen LogP contribution in [0.2, 0.25) is 5.02 Å². The molecule has 3 aromatic rings. The van der Waals surface area contributed by atoms with Crippen molar-refractivity contribution in [3.8, 4) is 0 Å². The number of hydrogen-bond acceptors (Lipinski definition) is 4. The lowest BCUT2D eigenvalue weighted by Gasteiger charge is -2.33.